The van der Waals surface area contributed by atoms with Gasteiger partial charge in [-0.2, -0.15) is 13.2 Å². The van der Waals surface area contributed by atoms with E-state index in [-0.39, 0.29) is 23.9 Å². The van der Waals surface area contributed by atoms with Gasteiger partial charge in [-0.1, -0.05) is 6.07 Å². The van der Waals surface area contributed by atoms with E-state index in [9.17, 15) is 22.8 Å². The number of rotatable bonds is 2. The molecule has 3 fully saturated rings. The summed E-state index contributed by atoms with van der Waals surface area (Å²) in [5.74, 6) is -2.33. The fourth-order valence-electron chi connectivity index (χ4n) is 4.52. The normalized spacial score (nSPS) is 25.1. The van der Waals surface area contributed by atoms with Crippen LogP contribution in [0.2, 0.25) is 0 Å². The van der Waals surface area contributed by atoms with Crippen molar-refractivity contribution in [2.45, 2.75) is 57.3 Å². The number of amides is 2. The first kappa shape index (κ1) is 22.0. The molecule has 0 aromatic carbocycles. The van der Waals surface area contributed by atoms with E-state index in [1.807, 2.05) is 28.9 Å². The number of aromatic nitrogens is 1. The molecule has 4 rings (SSSR count). The summed E-state index contributed by atoms with van der Waals surface area (Å²) < 4.78 is 31.7. The van der Waals surface area contributed by atoms with Crippen molar-refractivity contribution in [3.63, 3.8) is 0 Å². The third-order valence-electron chi connectivity index (χ3n) is 5.84. The summed E-state index contributed by atoms with van der Waals surface area (Å²) in [5.41, 5.74) is 1.30. The molecule has 1 aliphatic carbocycles. The smallest absolute Gasteiger partial charge is 0.475 e. The molecule has 10 heteroatoms. The zero-order chi connectivity index (χ0) is 22.1. The summed E-state index contributed by atoms with van der Waals surface area (Å²) in [7, 11) is 0. The lowest BCUT2D eigenvalue weighted by Crippen LogP contribution is -2.53. The van der Waals surface area contributed by atoms with E-state index in [0.717, 1.165) is 50.9 Å². The number of carbonyl (C=O) groups is 3. The Labute approximate surface area is 171 Å². The van der Waals surface area contributed by atoms with Crippen molar-refractivity contribution in [2.75, 3.05) is 13.1 Å². The van der Waals surface area contributed by atoms with Crippen molar-refractivity contribution in [1.82, 2.24) is 14.8 Å². The van der Waals surface area contributed by atoms with Gasteiger partial charge in [0.15, 0.2) is 0 Å². The lowest BCUT2D eigenvalue weighted by Gasteiger charge is -2.36. The number of hydrogen-bond acceptors (Lipinski definition) is 4. The predicted octanol–water partition coefficient (Wildman–Crippen LogP) is 2.64. The summed E-state index contributed by atoms with van der Waals surface area (Å²) in [6.45, 7) is 3.58. The van der Waals surface area contributed by atoms with Crippen LogP contribution in [0.3, 0.4) is 0 Å². The summed E-state index contributed by atoms with van der Waals surface area (Å²) in [6, 6.07) is 5.47. The first-order chi connectivity index (χ1) is 14.1. The Morgan fingerprint density at radius 3 is 2.33 bits per heavy atom. The molecule has 1 aromatic heterocycles. The number of piperidine rings is 1. The van der Waals surface area contributed by atoms with Crippen LogP contribution in [0.15, 0.2) is 18.2 Å². The van der Waals surface area contributed by atoms with Crippen LogP contribution >= 0.6 is 0 Å². The number of alkyl halides is 3. The summed E-state index contributed by atoms with van der Waals surface area (Å²) in [5, 5.41) is 7.12. The molecule has 3 unspecified atom stereocenters. The second-order valence-corrected chi connectivity index (χ2v) is 7.88. The molecule has 2 bridgehead atoms. The highest BCUT2D eigenvalue weighted by molar-refractivity contribution is 5.97. The van der Waals surface area contributed by atoms with Crippen molar-refractivity contribution in [3.05, 3.63) is 29.6 Å². The number of fused-ring (bicyclic) bond motifs is 2. The quantitative estimate of drug-likeness (QED) is 0.784. The van der Waals surface area contributed by atoms with Gasteiger partial charge >= 0.3 is 12.1 Å². The topological polar surface area (TPSA) is 90.8 Å². The molecular formula is C20H24F3N3O4. The fourth-order valence-corrected chi connectivity index (χ4v) is 4.52. The van der Waals surface area contributed by atoms with Crippen molar-refractivity contribution in [3.8, 4) is 0 Å². The largest absolute Gasteiger partial charge is 0.490 e. The van der Waals surface area contributed by atoms with E-state index in [4.69, 9.17) is 9.90 Å². The maximum absolute atomic E-state index is 13.0. The van der Waals surface area contributed by atoms with Gasteiger partial charge < -0.3 is 14.9 Å². The highest BCUT2D eigenvalue weighted by Crippen LogP contribution is 2.44. The van der Waals surface area contributed by atoms with E-state index in [0.29, 0.717) is 11.6 Å². The van der Waals surface area contributed by atoms with E-state index < -0.39 is 12.1 Å². The molecular weight excluding hydrogens is 403 g/mol. The Kier molecular flexibility index (Phi) is 6.33. The number of pyridine rings is 1. The van der Waals surface area contributed by atoms with Crippen LogP contribution in [0.25, 0.3) is 0 Å². The molecule has 2 saturated heterocycles. The minimum atomic E-state index is -5.08. The first-order valence-electron chi connectivity index (χ1n) is 9.95. The maximum atomic E-state index is 13.0. The predicted molar refractivity (Wildman–Crippen MR) is 99.6 cm³/mol. The van der Waals surface area contributed by atoms with Gasteiger partial charge in [0, 0.05) is 24.8 Å². The zero-order valence-electron chi connectivity index (χ0n) is 16.6. The van der Waals surface area contributed by atoms with Gasteiger partial charge in [-0.3, -0.25) is 9.59 Å². The molecule has 164 valence electrons. The lowest BCUT2D eigenvalue weighted by molar-refractivity contribution is -0.192. The number of carboxylic acid groups (broad SMARTS) is 1. The number of aryl methyl sites for hydroxylation is 1. The van der Waals surface area contributed by atoms with Crippen LogP contribution in [0.4, 0.5) is 13.2 Å². The number of nitrogens with zero attached hydrogens (tertiary/aromatic N) is 3. The molecule has 2 aliphatic heterocycles. The molecule has 1 saturated carbocycles. The average molecular weight is 427 g/mol. The highest BCUT2D eigenvalue weighted by Gasteiger charge is 2.52. The van der Waals surface area contributed by atoms with Crippen LogP contribution in [-0.2, 0) is 9.59 Å². The monoisotopic (exact) mass is 427 g/mol. The van der Waals surface area contributed by atoms with Crippen molar-refractivity contribution in [2.24, 2.45) is 5.92 Å². The van der Waals surface area contributed by atoms with E-state index in [1.54, 1.807) is 6.07 Å². The Balaban J connectivity index is 0.000000318. The molecule has 2 amide bonds. The molecule has 0 radical (unpaired) electrons. The standard InChI is InChI=1S/C18H23N3O2.C2HF3O2/c1-12-5-4-6-15(19-12)17(22)21-14-8-7-13(11-14)16(21)18(23)20-9-2-3-10-20;3-2(4,5)1(6)7/h4-6,13-14,16H,2-3,7-11H2,1H3;(H,6,7). The van der Waals surface area contributed by atoms with Gasteiger partial charge in [0.25, 0.3) is 5.91 Å². The molecule has 1 N–H and O–H groups in total. The van der Waals surface area contributed by atoms with Crippen LogP contribution in [0.5, 0.6) is 0 Å². The maximum Gasteiger partial charge on any atom is 0.490 e. The SMILES string of the molecule is Cc1cccc(C(=O)N2C3CCC(C3)C2C(=O)N2CCCC2)n1.O=C(O)C(F)(F)F. The van der Waals surface area contributed by atoms with E-state index >= 15 is 0 Å². The molecule has 30 heavy (non-hydrogen) atoms. The third-order valence-corrected chi connectivity index (χ3v) is 5.84. The van der Waals surface area contributed by atoms with Gasteiger partial charge in [0.05, 0.1) is 0 Å². The average Bonchev–Trinajstić information content (AvgIpc) is 3.43. The van der Waals surface area contributed by atoms with Gasteiger partial charge in [-0.25, -0.2) is 9.78 Å². The number of aliphatic carboxylic acids is 1. The van der Waals surface area contributed by atoms with Gasteiger partial charge in [0.1, 0.15) is 11.7 Å². The Morgan fingerprint density at radius 2 is 1.77 bits per heavy atom. The molecule has 3 atom stereocenters. The first-order valence-corrected chi connectivity index (χ1v) is 9.95. The fraction of sp³-hybridized carbons (Fsp3) is 0.600. The molecule has 3 aliphatic rings. The van der Waals surface area contributed by atoms with Crippen LogP contribution < -0.4 is 0 Å². The Hall–Kier alpha value is -2.65. The number of hydrogen-bond donors (Lipinski definition) is 1. The van der Waals surface area contributed by atoms with Crippen LogP contribution in [-0.4, -0.2) is 69.0 Å². The minimum Gasteiger partial charge on any atom is -0.475 e. The molecule has 3 heterocycles. The Bertz CT molecular complexity index is 824. The minimum absolute atomic E-state index is 0.0709. The number of likely N-dealkylation sites (tertiary alicyclic amines) is 2. The van der Waals surface area contributed by atoms with Gasteiger partial charge in [0.2, 0.25) is 5.91 Å². The second-order valence-electron chi connectivity index (χ2n) is 7.88. The second kappa shape index (κ2) is 8.61. The summed E-state index contributed by atoms with van der Waals surface area (Å²) in [6.07, 6.45) is 0.146. The number of carbonyl (C=O) groups excluding carboxylic acids is 2. The van der Waals surface area contributed by atoms with E-state index in [2.05, 4.69) is 4.98 Å². The zero-order valence-corrected chi connectivity index (χ0v) is 16.6. The third kappa shape index (κ3) is 4.57. The number of carboxylic acids is 1. The molecule has 1 aromatic rings. The molecule has 0 spiro atoms. The lowest BCUT2D eigenvalue weighted by atomic mass is 9.97. The van der Waals surface area contributed by atoms with Crippen molar-refractivity contribution >= 4 is 17.8 Å². The number of halogens is 3. The van der Waals surface area contributed by atoms with Crippen molar-refractivity contribution in [1.29, 1.82) is 0 Å². The van der Waals surface area contributed by atoms with Crippen molar-refractivity contribution < 1.29 is 32.7 Å². The highest BCUT2D eigenvalue weighted by atomic mass is 19.4. The summed E-state index contributed by atoms with van der Waals surface area (Å²) >= 11 is 0. The van der Waals surface area contributed by atoms with E-state index in [1.165, 1.54) is 0 Å². The van der Waals surface area contributed by atoms with Gasteiger partial charge in [-0.05, 0) is 57.1 Å². The summed E-state index contributed by atoms with van der Waals surface area (Å²) in [4.78, 5) is 43.1. The van der Waals surface area contributed by atoms with Crippen LogP contribution in [0.1, 0.15) is 48.3 Å². The van der Waals surface area contributed by atoms with Gasteiger partial charge in [-0.15, -0.1) is 0 Å². The molecule has 7 nitrogen and oxygen atoms in total. The Morgan fingerprint density at radius 1 is 1.13 bits per heavy atom. The van der Waals surface area contributed by atoms with Crippen LogP contribution in [0, 0.1) is 12.8 Å².